The van der Waals surface area contributed by atoms with Gasteiger partial charge in [-0.1, -0.05) is 6.07 Å². The Kier molecular flexibility index (Phi) is 4.66. The average Bonchev–Trinajstić information content (AvgIpc) is 2.51. The van der Waals surface area contributed by atoms with Crippen molar-refractivity contribution in [3.8, 4) is 17.6 Å². The van der Waals surface area contributed by atoms with E-state index in [1.54, 1.807) is 6.07 Å². The number of nitro groups is 1. The van der Waals surface area contributed by atoms with Crippen LogP contribution in [0, 0.1) is 21.4 Å². The van der Waals surface area contributed by atoms with E-state index in [0.717, 1.165) is 5.56 Å². The molecule has 118 valence electrons. The highest BCUT2D eigenvalue weighted by molar-refractivity contribution is 5.64. The van der Waals surface area contributed by atoms with Crippen LogP contribution in [0.25, 0.3) is 0 Å². The van der Waals surface area contributed by atoms with Crippen LogP contribution in [0.4, 0.5) is 11.4 Å². The second-order valence-corrected chi connectivity index (χ2v) is 5.17. The molecular formula is C16H15N3O4. The first-order valence-electron chi connectivity index (χ1n) is 6.86. The van der Waals surface area contributed by atoms with E-state index in [0.29, 0.717) is 12.1 Å². The SMILES string of the molecule is C[C@H](Cc1ccc(O)c(O)c1)Nc1ccc(C#N)cc1[N+](=O)[O-]. The third kappa shape index (κ3) is 3.89. The van der Waals surface area contributed by atoms with Crippen LogP contribution in [0.2, 0.25) is 0 Å². The fourth-order valence-corrected chi connectivity index (χ4v) is 2.24. The van der Waals surface area contributed by atoms with Gasteiger partial charge in [-0.3, -0.25) is 10.1 Å². The molecule has 2 rings (SSSR count). The number of nitrogens with zero attached hydrogens (tertiary/aromatic N) is 2. The summed E-state index contributed by atoms with van der Waals surface area (Å²) in [5.74, 6) is -0.406. The van der Waals surface area contributed by atoms with E-state index >= 15 is 0 Å². The second kappa shape index (κ2) is 6.66. The predicted molar refractivity (Wildman–Crippen MR) is 84.4 cm³/mol. The van der Waals surface area contributed by atoms with Crippen molar-refractivity contribution >= 4 is 11.4 Å². The molecule has 0 unspecified atom stereocenters. The van der Waals surface area contributed by atoms with Crippen molar-refractivity contribution in [1.82, 2.24) is 0 Å². The zero-order chi connectivity index (χ0) is 17.0. The molecule has 3 N–H and O–H groups in total. The molecule has 7 heteroatoms. The summed E-state index contributed by atoms with van der Waals surface area (Å²) in [6.07, 6.45) is 0.491. The number of aromatic hydroxyl groups is 2. The quantitative estimate of drug-likeness (QED) is 0.443. The lowest BCUT2D eigenvalue weighted by Crippen LogP contribution is -2.18. The number of anilines is 1. The van der Waals surface area contributed by atoms with Gasteiger partial charge in [-0.05, 0) is 43.2 Å². The highest BCUT2D eigenvalue weighted by Crippen LogP contribution is 2.28. The van der Waals surface area contributed by atoms with Crippen LogP contribution in [0.1, 0.15) is 18.1 Å². The molecule has 0 saturated heterocycles. The summed E-state index contributed by atoms with van der Waals surface area (Å²) in [5.41, 5.74) is 1.16. The minimum atomic E-state index is -0.539. The molecule has 0 aliphatic rings. The van der Waals surface area contributed by atoms with Gasteiger partial charge < -0.3 is 15.5 Å². The predicted octanol–water partition coefficient (Wildman–Crippen LogP) is 2.92. The molecule has 0 spiro atoms. The Hall–Kier alpha value is -3.27. The molecule has 0 aromatic heterocycles. The number of rotatable bonds is 5. The lowest BCUT2D eigenvalue weighted by molar-refractivity contribution is -0.384. The molecule has 0 fully saturated rings. The number of nitriles is 1. The number of hydrogen-bond acceptors (Lipinski definition) is 6. The van der Waals surface area contributed by atoms with Crippen molar-refractivity contribution in [3.05, 3.63) is 57.6 Å². The highest BCUT2D eigenvalue weighted by Gasteiger charge is 2.16. The summed E-state index contributed by atoms with van der Waals surface area (Å²) in [5, 5.41) is 41.7. The van der Waals surface area contributed by atoms with Gasteiger partial charge in [0.15, 0.2) is 11.5 Å². The Morgan fingerprint density at radius 1 is 1.26 bits per heavy atom. The smallest absolute Gasteiger partial charge is 0.293 e. The van der Waals surface area contributed by atoms with Crippen molar-refractivity contribution in [2.24, 2.45) is 0 Å². The molecule has 0 aliphatic heterocycles. The fourth-order valence-electron chi connectivity index (χ4n) is 2.24. The van der Waals surface area contributed by atoms with Crippen LogP contribution in [0.3, 0.4) is 0 Å². The van der Waals surface area contributed by atoms with Crippen LogP contribution in [0.5, 0.6) is 11.5 Å². The minimum Gasteiger partial charge on any atom is -0.504 e. The Balaban J connectivity index is 2.16. The summed E-state index contributed by atoms with van der Waals surface area (Å²) in [4.78, 5) is 10.6. The van der Waals surface area contributed by atoms with Crippen molar-refractivity contribution < 1.29 is 15.1 Å². The fraction of sp³-hybridized carbons (Fsp3) is 0.188. The Labute approximate surface area is 132 Å². The Morgan fingerprint density at radius 2 is 2.00 bits per heavy atom. The molecule has 1 atom stereocenters. The van der Waals surface area contributed by atoms with Crippen LogP contribution < -0.4 is 5.32 Å². The second-order valence-electron chi connectivity index (χ2n) is 5.17. The standard InChI is InChI=1S/C16H15N3O4/c1-10(6-11-3-5-15(20)16(21)8-11)18-13-4-2-12(9-17)7-14(13)19(22)23/h2-5,7-8,10,18,20-21H,6H2,1H3/t10-/m1/s1. The van der Waals surface area contributed by atoms with Gasteiger partial charge in [0.05, 0.1) is 16.6 Å². The Bertz CT molecular complexity index is 783. The van der Waals surface area contributed by atoms with Crippen LogP contribution in [-0.2, 0) is 6.42 Å². The van der Waals surface area contributed by atoms with Crippen molar-refractivity contribution in [1.29, 1.82) is 5.26 Å². The molecule has 0 saturated carbocycles. The maximum Gasteiger partial charge on any atom is 0.293 e. The van der Waals surface area contributed by atoms with Gasteiger partial charge in [0.25, 0.3) is 5.69 Å². The van der Waals surface area contributed by atoms with Gasteiger partial charge in [-0.2, -0.15) is 5.26 Å². The molecular weight excluding hydrogens is 298 g/mol. The summed E-state index contributed by atoms with van der Waals surface area (Å²) < 4.78 is 0. The van der Waals surface area contributed by atoms with Crippen molar-refractivity contribution in [2.45, 2.75) is 19.4 Å². The van der Waals surface area contributed by atoms with Gasteiger partial charge in [0.2, 0.25) is 0 Å². The van der Waals surface area contributed by atoms with Crippen LogP contribution >= 0.6 is 0 Å². The van der Waals surface area contributed by atoms with Crippen LogP contribution in [0.15, 0.2) is 36.4 Å². The maximum atomic E-state index is 11.1. The summed E-state index contributed by atoms with van der Waals surface area (Å²) in [6, 6.07) is 10.4. The largest absolute Gasteiger partial charge is 0.504 e. The van der Waals surface area contributed by atoms with E-state index in [1.165, 1.54) is 30.3 Å². The number of hydrogen-bond donors (Lipinski definition) is 3. The summed E-state index contributed by atoms with van der Waals surface area (Å²) in [7, 11) is 0. The first kappa shape index (κ1) is 16.1. The number of benzene rings is 2. The lowest BCUT2D eigenvalue weighted by Gasteiger charge is -2.16. The maximum absolute atomic E-state index is 11.1. The molecule has 7 nitrogen and oxygen atoms in total. The number of phenolic OH excluding ortho intramolecular Hbond substituents is 2. The number of nitrogens with one attached hydrogen (secondary N) is 1. The van der Waals surface area contributed by atoms with Gasteiger partial charge in [-0.15, -0.1) is 0 Å². The van der Waals surface area contributed by atoms with E-state index in [4.69, 9.17) is 5.26 Å². The van der Waals surface area contributed by atoms with Gasteiger partial charge in [-0.25, -0.2) is 0 Å². The van der Waals surface area contributed by atoms with E-state index in [9.17, 15) is 20.3 Å². The lowest BCUT2D eigenvalue weighted by atomic mass is 10.1. The van der Waals surface area contributed by atoms with Gasteiger partial charge in [0.1, 0.15) is 5.69 Å². The first-order valence-corrected chi connectivity index (χ1v) is 6.86. The normalized spacial score (nSPS) is 11.5. The molecule has 0 amide bonds. The molecule has 0 bridgehead atoms. The average molecular weight is 313 g/mol. The molecule has 0 heterocycles. The summed E-state index contributed by atoms with van der Waals surface area (Å²) in [6.45, 7) is 1.84. The third-order valence-electron chi connectivity index (χ3n) is 3.31. The number of nitro benzene ring substituents is 1. The van der Waals surface area contributed by atoms with Gasteiger partial charge >= 0.3 is 0 Å². The topological polar surface area (TPSA) is 119 Å². The monoisotopic (exact) mass is 313 g/mol. The Morgan fingerprint density at radius 3 is 2.61 bits per heavy atom. The van der Waals surface area contributed by atoms with Gasteiger partial charge in [0, 0.05) is 12.1 Å². The molecule has 23 heavy (non-hydrogen) atoms. The van der Waals surface area contributed by atoms with E-state index < -0.39 is 4.92 Å². The highest BCUT2D eigenvalue weighted by atomic mass is 16.6. The molecule has 2 aromatic carbocycles. The minimum absolute atomic E-state index is 0.162. The van der Waals surface area contributed by atoms with Crippen molar-refractivity contribution in [3.63, 3.8) is 0 Å². The van der Waals surface area contributed by atoms with E-state index in [1.807, 2.05) is 13.0 Å². The zero-order valence-corrected chi connectivity index (χ0v) is 12.4. The molecule has 2 aromatic rings. The number of phenols is 2. The van der Waals surface area contributed by atoms with Crippen LogP contribution in [-0.4, -0.2) is 21.2 Å². The zero-order valence-electron chi connectivity index (χ0n) is 12.4. The van der Waals surface area contributed by atoms with Crippen molar-refractivity contribution in [2.75, 3.05) is 5.32 Å². The first-order chi connectivity index (χ1) is 10.9. The van der Waals surface area contributed by atoms with E-state index in [-0.39, 0.29) is 28.8 Å². The third-order valence-corrected chi connectivity index (χ3v) is 3.31. The molecule has 0 radical (unpaired) electrons. The molecule has 0 aliphatic carbocycles. The van der Waals surface area contributed by atoms with E-state index in [2.05, 4.69) is 5.32 Å². The summed E-state index contributed by atoms with van der Waals surface area (Å²) >= 11 is 0.